The summed E-state index contributed by atoms with van der Waals surface area (Å²) in [6.07, 6.45) is 1.68. The number of hydrogen-bond acceptors (Lipinski definition) is 5. The molecule has 0 aliphatic heterocycles. The molecule has 0 atom stereocenters. The smallest absolute Gasteiger partial charge is 0.330 e. The third-order valence-corrected chi connectivity index (χ3v) is 3.82. The van der Waals surface area contributed by atoms with Crippen LogP contribution in [0.4, 0.5) is 15.9 Å². The van der Waals surface area contributed by atoms with Crippen LogP contribution < -0.4 is 26.6 Å². The van der Waals surface area contributed by atoms with E-state index < -0.39 is 11.2 Å². The Bertz CT molecular complexity index is 831. The molecule has 2 aromatic rings. The van der Waals surface area contributed by atoms with Crippen LogP contribution in [0.3, 0.4) is 0 Å². The number of likely N-dealkylation sites (N-methyl/N-ethyl adjacent to an activating group) is 1. The van der Waals surface area contributed by atoms with Gasteiger partial charge < -0.3 is 15.4 Å². The number of halogens is 1. The molecule has 7 nitrogen and oxygen atoms in total. The van der Waals surface area contributed by atoms with Crippen molar-refractivity contribution >= 4 is 11.5 Å². The highest BCUT2D eigenvalue weighted by Crippen LogP contribution is 2.16. The number of nitrogen functional groups attached to an aromatic ring is 1. The average Bonchev–Trinajstić information content (AvgIpc) is 2.54. The van der Waals surface area contributed by atoms with E-state index in [4.69, 9.17) is 10.5 Å². The van der Waals surface area contributed by atoms with Crippen molar-refractivity contribution in [1.29, 1.82) is 0 Å². The molecule has 0 radical (unpaired) electrons. The Morgan fingerprint density at radius 1 is 1.36 bits per heavy atom. The van der Waals surface area contributed by atoms with Crippen LogP contribution in [0.1, 0.15) is 19.8 Å². The van der Waals surface area contributed by atoms with Gasteiger partial charge in [-0.25, -0.2) is 9.18 Å². The van der Waals surface area contributed by atoms with Gasteiger partial charge in [0.15, 0.2) is 0 Å². The second-order valence-corrected chi connectivity index (χ2v) is 5.73. The molecule has 3 N–H and O–H groups in total. The van der Waals surface area contributed by atoms with Gasteiger partial charge in [0.25, 0.3) is 5.56 Å². The molecule has 8 heteroatoms. The molecule has 0 aliphatic rings. The van der Waals surface area contributed by atoms with Crippen LogP contribution in [0.5, 0.6) is 5.75 Å². The normalized spacial score (nSPS) is 10.7. The zero-order valence-corrected chi connectivity index (χ0v) is 14.4. The largest absolute Gasteiger partial charge is 0.492 e. The molecule has 0 amide bonds. The number of nitrogens with two attached hydrogens (primary N) is 1. The summed E-state index contributed by atoms with van der Waals surface area (Å²) in [5.41, 5.74) is 5.21. The standard InChI is InChI=1S/C17H23FN4O3/c1-3-4-8-22-15(19)14(16(23)20-17(22)24)21(2)9-10-25-13-7-5-6-12(18)11-13/h5-7,11H,3-4,8-10,19H2,1-2H3,(H,20,23,24). The van der Waals surface area contributed by atoms with E-state index in [1.807, 2.05) is 6.92 Å². The first-order chi connectivity index (χ1) is 11.9. The Labute approximate surface area is 144 Å². The molecule has 1 aromatic heterocycles. The number of hydrogen-bond donors (Lipinski definition) is 2. The number of H-pyrrole nitrogens is 1. The van der Waals surface area contributed by atoms with Crippen molar-refractivity contribution in [2.75, 3.05) is 30.8 Å². The molecule has 1 aromatic carbocycles. The van der Waals surface area contributed by atoms with Crippen molar-refractivity contribution in [2.45, 2.75) is 26.3 Å². The van der Waals surface area contributed by atoms with Crippen LogP contribution in [0.2, 0.25) is 0 Å². The van der Waals surface area contributed by atoms with E-state index in [0.29, 0.717) is 18.8 Å². The third-order valence-electron chi connectivity index (χ3n) is 3.82. The molecule has 2 rings (SSSR count). The highest BCUT2D eigenvalue weighted by molar-refractivity contribution is 5.61. The fourth-order valence-corrected chi connectivity index (χ4v) is 2.45. The van der Waals surface area contributed by atoms with Gasteiger partial charge in [-0.1, -0.05) is 19.4 Å². The van der Waals surface area contributed by atoms with Gasteiger partial charge in [-0.05, 0) is 18.6 Å². The predicted molar refractivity (Wildman–Crippen MR) is 95.8 cm³/mol. The first-order valence-electron chi connectivity index (χ1n) is 8.16. The molecule has 0 fully saturated rings. The van der Waals surface area contributed by atoms with Crippen LogP contribution in [-0.4, -0.2) is 29.8 Å². The zero-order valence-electron chi connectivity index (χ0n) is 14.4. The maximum Gasteiger partial charge on any atom is 0.330 e. The molecule has 136 valence electrons. The zero-order chi connectivity index (χ0) is 18.4. The van der Waals surface area contributed by atoms with E-state index in [9.17, 15) is 14.0 Å². The second kappa shape index (κ2) is 8.36. The Balaban J connectivity index is 2.11. The lowest BCUT2D eigenvalue weighted by molar-refractivity contribution is 0.324. The van der Waals surface area contributed by atoms with Crippen molar-refractivity contribution in [3.8, 4) is 5.75 Å². The van der Waals surface area contributed by atoms with Crippen LogP contribution >= 0.6 is 0 Å². The van der Waals surface area contributed by atoms with E-state index in [0.717, 1.165) is 12.8 Å². The van der Waals surface area contributed by atoms with E-state index in [-0.39, 0.29) is 23.9 Å². The van der Waals surface area contributed by atoms with Crippen molar-refractivity contribution < 1.29 is 9.13 Å². The molecule has 1 heterocycles. The molecule has 0 spiro atoms. The molecule has 0 aliphatic carbocycles. The summed E-state index contributed by atoms with van der Waals surface area (Å²) in [7, 11) is 1.69. The van der Waals surface area contributed by atoms with Crippen molar-refractivity contribution in [2.24, 2.45) is 0 Å². The van der Waals surface area contributed by atoms with Crippen LogP contribution in [0.25, 0.3) is 0 Å². The number of aromatic amines is 1. The quantitative estimate of drug-likeness (QED) is 0.754. The summed E-state index contributed by atoms with van der Waals surface area (Å²) in [5.74, 6) is 0.160. The third kappa shape index (κ3) is 4.62. The summed E-state index contributed by atoms with van der Waals surface area (Å²) in [6, 6.07) is 5.82. The van der Waals surface area contributed by atoms with Gasteiger partial charge in [0.1, 0.15) is 29.7 Å². The lowest BCUT2D eigenvalue weighted by Gasteiger charge is -2.22. The molecule has 0 saturated heterocycles. The number of nitrogens with one attached hydrogen (secondary N) is 1. The maximum absolute atomic E-state index is 13.1. The lowest BCUT2D eigenvalue weighted by atomic mass is 10.3. The summed E-state index contributed by atoms with van der Waals surface area (Å²) in [6.45, 7) is 3.02. The van der Waals surface area contributed by atoms with Gasteiger partial charge >= 0.3 is 5.69 Å². The lowest BCUT2D eigenvalue weighted by Crippen LogP contribution is -2.38. The van der Waals surface area contributed by atoms with E-state index in [2.05, 4.69) is 4.98 Å². The summed E-state index contributed by atoms with van der Waals surface area (Å²) < 4.78 is 20.0. The van der Waals surface area contributed by atoms with Crippen LogP contribution in [0.15, 0.2) is 33.9 Å². The van der Waals surface area contributed by atoms with Gasteiger partial charge in [0.05, 0.1) is 6.54 Å². The number of aromatic nitrogens is 2. The minimum absolute atomic E-state index is 0.135. The average molecular weight is 350 g/mol. The number of rotatable bonds is 8. The topological polar surface area (TPSA) is 93.3 Å². The molecule has 0 bridgehead atoms. The van der Waals surface area contributed by atoms with Crippen LogP contribution in [0, 0.1) is 5.82 Å². The number of anilines is 2. The fourth-order valence-electron chi connectivity index (χ4n) is 2.45. The molecule has 0 saturated carbocycles. The molecular weight excluding hydrogens is 327 g/mol. The van der Waals surface area contributed by atoms with Gasteiger partial charge in [-0.15, -0.1) is 0 Å². The maximum atomic E-state index is 13.1. The van der Waals surface area contributed by atoms with Crippen molar-refractivity contribution in [1.82, 2.24) is 9.55 Å². The van der Waals surface area contributed by atoms with Crippen molar-refractivity contribution in [3.05, 3.63) is 50.9 Å². The summed E-state index contributed by atoms with van der Waals surface area (Å²) in [4.78, 5) is 28.0. The molecule has 0 unspecified atom stereocenters. The van der Waals surface area contributed by atoms with E-state index >= 15 is 0 Å². The monoisotopic (exact) mass is 350 g/mol. The van der Waals surface area contributed by atoms with Gasteiger partial charge in [0, 0.05) is 19.7 Å². The highest BCUT2D eigenvalue weighted by atomic mass is 19.1. The van der Waals surface area contributed by atoms with E-state index in [1.54, 1.807) is 24.1 Å². The molecular formula is C17H23FN4O3. The van der Waals surface area contributed by atoms with Crippen molar-refractivity contribution in [3.63, 3.8) is 0 Å². The Morgan fingerprint density at radius 3 is 2.80 bits per heavy atom. The van der Waals surface area contributed by atoms with Gasteiger partial charge in [-0.2, -0.15) is 0 Å². The summed E-state index contributed by atoms with van der Waals surface area (Å²) >= 11 is 0. The molecule has 25 heavy (non-hydrogen) atoms. The predicted octanol–water partition coefficient (Wildman–Crippen LogP) is 1.57. The van der Waals surface area contributed by atoms with Crippen LogP contribution in [-0.2, 0) is 6.54 Å². The van der Waals surface area contributed by atoms with Gasteiger partial charge in [-0.3, -0.25) is 14.3 Å². The fraction of sp³-hybridized carbons (Fsp3) is 0.412. The van der Waals surface area contributed by atoms with Gasteiger partial charge in [0.2, 0.25) is 0 Å². The minimum Gasteiger partial charge on any atom is -0.492 e. The highest BCUT2D eigenvalue weighted by Gasteiger charge is 2.16. The number of ether oxygens (including phenoxy) is 1. The second-order valence-electron chi connectivity index (χ2n) is 5.73. The number of benzene rings is 1. The number of nitrogens with zero attached hydrogens (tertiary/aromatic N) is 2. The minimum atomic E-state index is -0.538. The van der Waals surface area contributed by atoms with E-state index in [1.165, 1.54) is 16.7 Å². The first kappa shape index (κ1) is 18.6. The Hall–Kier alpha value is -2.77. The summed E-state index contributed by atoms with van der Waals surface area (Å²) in [5, 5.41) is 0. The Morgan fingerprint density at radius 2 is 2.12 bits per heavy atom. The number of unbranched alkanes of at least 4 members (excludes halogenated alkanes) is 1. The SMILES string of the molecule is CCCCn1c(N)c(N(C)CCOc2cccc(F)c2)c(=O)[nH]c1=O. The Kier molecular flexibility index (Phi) is 6.21. The first-order valence-corrected chi connectivity index (χ1v) is 8.16.